The normalized spacial score (nSPS) is 17.3. The minimum absolute atomic E-state index is 0.0230. The van der Waals surface area contributed by atoms with Crippen LogP contribution in [0, 0.1) is 11.3 Å². The van der Waals surface area contributed by atoms with Crippen molar-refractivity contribution < 1.29 is 40.7 Å². The SMILES string of the molecule is O=C(NCC1CC2(C1)CN(C(=O)OCc1cc(C(F)(F)F)cc(C(F)(F)F)c1)C2)c1ccc2[nH]nnc2c1. The van der Waals surface area contributed by atoms with Gasteiger partial charge in [-0.05, 0) is 60.7 Å². The van der Waals surface area contributed by atoms with Crippen LogP contribution in [0.2, 0.25) is 0 Å². The van der Waals surface area contributed by atoms with E-state index < -0.39 is 41.7 Å². The summed E-state index contributed by atoms with van der Waals surface area (Å²) in [6.07, 6.45) is -9.23. The van der Waals surface area contributed by atoms with Crippen molar-refractivity contribution in [3.63, 3.8) is 0 Å². The summed E-state index contributed by atoms with van der Waals surface area (Å²) in [5, 5.41) is 13.1. The van der Waals surface area contributed by atoms with E-state index in [1.807, 2.05) is 0 Å². The first-order chi connectivity index (χ1) is 17.8. The summed E-state index contributed by atoms with van der Waals surface area (Å²) in [6, 6.07) is 6.11. The number of rotatable bonds is 5. The van der Waals surface area contributed by atoms with Crippen molar-refractivity contribution in [1.29, 1.82) is 0 Å². The Morgan fingerprint density at radius 2 is 1.68 bits per heavy atom. The first-order valence-corrected chi connectivity index (χ1v) is 11.6. The molecule has 1 aromatic heterocycles. The number of benzene rings is 2. The standard InChI is InChI=1S/C24H21F6N5O3/c25-23(26,27)16-3-13(4-17(6-16)24(28,29)30)10-38-21(37)35-11-22(12-35)7-14(8-22)9-31-20(36)15-1-2-18-19(5-15)33-34-32-18/h1-6,14H,7-12H2,(H,31,36)(H,32,33,34). The second kappa shape index (κ2) is 9.17. The van der Waals surface area contributed by atoms with Gasteiger partial charge in [-0.2, -0.15) is 26.3 Å². The Bertz CT molecular complexity index is 1340. The lowest BCUT2D eigenvalue weighted by Gasteiger charge is -2.58. The fourth-order valence-corrected chi connectivity index (χ4v) is 5.12. The van der Waals surface area contributed by atoms with Crippen molar-refractivity contribution in [2.45, 2.75) is 31.8 Å². The summed E-state index contributed by atoms with van der Waals surface area (Å²) < 4.78 is 83.0. The lowest BCUT2D eigenvalue weighted by molar-refractivity contribution is -0.143. The highest BCUT2D eigenvalue weighted by Crippen LogP contribution is 2.51. The number of alkyl halides is 6. The monoisotopic (exact) mass is 541 g/mol. The topological polar surface area (TPSA) is 100 Å². The molecule has 14 heteroatoms. The summed E-state index contributed by atoms with van der Waals surface area (Å²) in [7, 11) is 0. The third kappa shape index (κ3) is 5.24. The second-order valence-corrected chi connectivity index (χ2v) is 9.85. The maximum absolute atomic E-state index is 13.0. The van der Waals surface area contributed by atoms with Gasteiger partial charge in [-0.3, -0.25) is 9.89 Å². The average molecular weight is 541 g/mol. The predicted molar refractivity (Wildman–Crippen MR) is 120 cm³/mol. The van der Waals surface area contributed by atoms with Crippen LogP contribution in [0.15, 0.2) is 36.4 Å². The number of carbonyl (C=O) groups is 2. The molecule has 2 aliphatic rings. The molecule has 3 aromatic rings. The number of ether oxygens (including phenoxy) is 1. The maximum atomic E-state index is 13.0. The number of carbonyl (C=O) groups excluding carboxylic acids is 2. The molecule has 2 fully saturated rings. The van der Waals surface area contributed by atoms with Crippen LogP contribution in [0.25, 0.3) is 11.0 Å². The fourth-order valence-electron chi connectivity index (χ4n) is 5.12. The number of aromatic amines is 1. The van der Waals surface area contributed by atoms with Gasteiger partial charge in [-0.15, -0.1) is 5.10 Å². The van der Waals surface area contributed by atoms with Crippen LogP contribution in [-0.2, 0) is 23.7 Å². The molecule has 8 nitrogen and oxygen atoms in total. The molecule has 5 rings (SSSR count). The van der Waals surface area contributed by atoms with E-state index in [1.165, 1.54) is 4.90 Å². The predicted octanol–water partition coefficient (Wildman–Crippen LogP) is 4.77. The molecular weight excluding hydrogens is 520 g/mol. The Balaban J connectivity index is 1.07. The lowest BCUT2D eigenvalue weighted by Crippen LogP contribution is -2.64. The quantitative estimate of drug-likeness (QED) is 0.454. The van der Waals surface area contributed by atoms with Gasteiger partial charge >= 0.3 is 18.4 Å². The zero-order valence-electron chi connectivity index (χ0n) is 19.6. The number of H-pyrrole nitrogens is 1. The van der Waals surface area contributed by atoms with E-state index in [1.54, 1.807) is 18.2 Å². The largest absolute Gasteiger partial charge is 0.445 e. The highest BCUT2D eigenvalue weighted by Gasteiger charge is 2.54. The third-order valence-electron chi connectivity index (χ3n) is 6.90. The van der Waals surface area contributed by atoms with Crippen LogP contribution in [0.3, 0.4) is 0 Å². The van der Waals surface area contributed by atoms with Gasteiger partial charge in [-0.1, -0.05) is 5.21 Å². The molecule has 2 N–H and O–H groups in total. The minimum Gasteiger partial charge on any atom is -0.445 e. The molecule has 1 spiro atoms. The number of hydrogen-bond acceptors (Lipinski definition) is 5. The smallest absolute Gasteiger partial charge is 0.416 e. The van der Waals surface area contributed by atoms with E-state index in [-0.39, 0.29) is 23.3 Å². The Hall–Kier alpha value is -3.84. The number of hydrogen-bond donors (Lipinski definition) is 2. The zero-order chi connectivity index (χ0) is 27.3. The van der Waals surface area contributed by atoms with Gasteiger partial charge in [0, 0.05) is 30.6 Å². The van der Waals surface area contributed by atoms with Gasteiger partial charge < -0.3 is 15.0 Å². The number of likely N-dealkylation sites (tertiary alicyclic amines) is 1. The van der Waals surface area contributed by atoms with Crippen molar-refractivity contribution in [3.05, 3.63) is 58.7 Å². The molecule has 0 unspecified atom stereocenters. The molecule has 38 heavy (non-hydrogen) atoms. The van der Waals surface area contributed by atoms with Crippen LogP contribution < -0.4 is 5.32 Å². The third-order valence-corrected chi connectivity index (χ3v) is 6.90. The van der Waals surface area contributed by atoms with E-state index >= 15 is 0 Å². The first kappa shape index (κ1) is 25.8. The van der Waals surface area contributed by atoms with Crippen molar-refractivity contribution in [2.75, 3.05) is 19.6 Å². The van der Waals surface area contributed by atoms with Gasteiger partial charge in [0.25, 0.3) is 5.91 Å². The lowest BCUT2D eigenvalue weighted by atomic mass is 9.58. The van der Waals surface area contributed by atoms with E-state index in [0.717, 1.165) is 18.4 Å². The molecule has 2 heterocycles. The van der Waals surface area contributed by atoms with Crippen molar-refractivity contribution in [3.8, 4) is 0 Å². The number of amides is 2. The van der Waals surface area contributed by atoms with E-state index in [0.29, 0.717) is 42.8 Å². The number of aromatic nitrogens is 3. The Morgan fingerprint density at radius 3 is 2.32 bits per heavy atom. The molecule has 202 valence electrons. The number of nitrogens with one attached hydrogen (secondary N) is 2. The van der Waals surface area contributed by atoms with Crippen LogP contribution in [0.5, 0.6) is 0 Å². The molecule has 2 aromatic carbocycles. The van der Waals surface area contributed by atoms with E-state index in [9.17, 15) is 35.9 Å². The highest BCUT2D eigenvalue weighted by atomic mass is 19.4. The maximum Gasteiger partial charge on any atom is 0.416 e. The molecule has 1 saturated heterocycles. The number of halogens is 6. The minimum atomic E-state index is -4.98. The zero-order valence-corrected chi connectivity index (χ0v) is 19.6. The van der Waals surface area contributed by atoms with Gasteiger partial charge in [0.2, 0.25) is 0 Å². The summed E-state index contributed by atoms with van der Waals surface area (Å²) in [5.74, 6) is -0.0169. The Labute approximate surface area is 211 Å². The van der Waals surface area contributed by atoms with Crippen molar-refractivity contribution in [2.24, 2.45) is 11.3 Å². The second-order valence-electron chi connectivity index (χ2n) is 9.85. The summed E-state index contributed by atoms with van der Waals surface area (Å²) in [6.45, 7) is 0.480. The summed E-state index contributed by atoms with van der Waals surface area (Å²) in [4.78, 5) is 26.1. The number of fused-ring (bicyclic) bond motifs is 1. The van der Waals surface area contributed by atoms with Gasteiger partial charge in [0.1, 0.15) is 12.1 Å². The first-order valence-electron chi connectivity index (χ1n) is 11.6. The van der Waals surface area contributed by atoms with Crippen molar-refractivity contribution in [1.82, 2.24) is 25.6 Å². The van der Waals surface area contributed by atoms with Crippen LogP contribution in [-0.4, -0.2) is 51.9 Å². The van der Waals surface area contributed by atoms with Gasteiger partial charge in [0.15, 0.2) is 0 Å². The fraction of sp³-hybridized carbons (Fsp3) is 0.417. The Kier molecular flexibility index (Phi) is 6.22. The molecule has 2 amide bonds. The van der Waals surface area contributed by atoms with E-state index in [2.05, 4.69) is 20.7 Å². The molecule has 1 aliphatic heterocycles. The summed E-state index contributed by atoms with van der Waals surface area (Å²) >= 11 is 0. The highest BCUT2D eigenvalue weighted by molar-refractivity contribution is 5.97. The van der Waals surface area contributed by atoms with Gasteiger partial charge in [-0.25, -0.2) is 4.79 Å². The van der Waals surface area contributed by atoms with E-state index in [4.69, 9.17) is 4.74 Å². The van der Waals surface area contributed by atoms with Gasteiger partial charge in [0.05, 0.1) is 16.6 Å². The molecule has 1 saturated carbocycles. The van der Waals surface area contributed by atoms with Crippen LogP contribution in [0.1, 0.15) is 39.9 Å². The van der Waals surface area contributed by atoms with Crippen molar-refractivity contribution >= 4 is 23.0 Å². The van der Waals surface area contributed by atoms with Crippen LogP contribution in [0.4, 0.5) is 31.1 Å². The molecule has 0 bridgehead atoms. The Morgan fingerprint density at radius 1 is 1.03 bits per heavy atom. The molecule has 0 atom stereocenters. The summed E-state index contributed by atoms with van der Waals surface area (Å²) in [5.41, 5.74) is -1.70. The average Bonchev–Trinajstić information content (AvgIpc) is 3.27. The molecule has 0 radical (unpaired) electrons. The molecular formula is C24H21F6N5O3. The molecule has 1 aliphatic carbocycles. The number of nitrogens with zero attached hydrogens (tertiary/aromatic N) is 3. The van der Waals surface area contributed by atoms with Crippen LogP contribution >= 0.6 is 0 Å².